The van der Waals surface area contributed by atoms with Gasteiger partial charge in [-0.15, -0.1) is 10.2 Å². The van der Waals surface area contributed by atoms with Gasteiger partial charge in [0.25, 0.3) is 0 Å². The Labute approximate surface area is 175 Å². The van der Waals surface area contributed by atoms with Crippen LogP contribution in [0, 0.1) is 0 Å². The molecule has 1 fully saturated rings. The van der Waals surface area contributed by atoms with E-state index >= 15 is 0 Å². The smallest absolute Gasteiger partial charge is 0.234 e. The Bertz CT molecular complexity index is 872. The normalized spacial score (nSPS) is 18.8. The second-order valence-electron chi connectivity index (χ2n) is 7.37. The van der Waals surface area contributed by atoms with E-state index < -0.39 is 0 Å². The zero-order chi connectivity index (χ0) is 20.2. The van der Waals surface area contributed by atoms with Crippen LogP contribution >= 0.6 is 11.8 Å². The number of hydrogen-bond donors (Lipinski definition) is 1. The van der Waals surface area contributed by atoms with Gasteiger partial charge in [0.2, 0.25) is 12.7 Å². The highest BCUT2D eigenvalue weighted by molar-refractivity contribution is 7.99. The summed E-state index contributed by atoms with van der Waals surface area (Å²) in [6, 6.07) is 5.75. The molecule has 1 aromatic carbocycles. The van der Waals surface area contributed by atoms with E-state index in [1.807, 2.05) is 25.2 Å². The molecule has 29 heavy (non-hydrogen) atoms. The highest BCUT2D eigenvalue weighted by atomic mass is 32.2. The molecule has 3 heterocycles. The van der Waals surface area contributed by atoms with E-state index in [2.05, 4.69) is 31.9 Å². The van der Waals surface area contributed by atoms with Gasteiger partial charge in [0, 0.05) is 26.1 Å². The summed E-state index contributed by atoms with van der Waals surface area (Å²) in [5.41, 5.74) is 0.999. The van der Waals surface area contributed by atoms with Gasteiger partial charge in [-0.2, -0.15) is 0 Å². The lowest BCUT2D eigenvalue weighted by molar-refractivity contribution is -0.122. The minimum absolute atomic E-state index is 0.0310. The number of fused-ring (bicyclic) bond motifs is 1. The molecule has 0 bridgehead atoms. The van der Waals surface area contributed by atoms with Crippen LogP contribution < -0.4 is 14.8 Å². The van der Waals surface area contributed by atoms with E-state index in [-0.39, 0.29) is 12.7 Å². The molecule has 2 aliphatic rings. The van der Waals surface area contributed by atoms with Gasteiger partial charge in [0.05, 0.1) is 6.54 Å². The molecule has 0 saturated carbocycles. The monoisotopic (exact) mass is 417 g/mol. The van der Waals surface area contributed by atoms with Crippen LogP contribution in [-0.2, 0) is 18.4 Å². The van der Waals surface area contributed by atoms with Crippen LogP contribution in [0.2, 0.25) is 0 Å². The van der Waals surface area contributed by atoms with Crippen LogP contribution in [0.1, 0.15) is 37.1 Å². The molecule has 4 rings (SSSR count). The lowest BCUT2D eigenvalue weighted by Gasteiger charge is -2.31. The van der Waals surface area contributed by atoms with Gasteiger partial charge in [-0.3, -0.25) is 9.69 Å². The molecule has 2 aliphatic heterocycles. The van der Waals surface area contributed by atoms with Gasteiger partial charge in [-0.1, -0.05) is 24.8 Å². The first-order valence-electron chi connectivity index (χ1n) is 10.0. The lowest BCUT2D eigenvalue weighted by Crippen LogP contribution is -2.42. The fraction of sp³-hybridized carbons (Fsp3) is 0.550. The Kier molecular flexibility index (Phi) is 6.25. The maximum absolute atomic E-state index is 12.5. The molecule has 8 nitrogen and oxygen atoms in total. The number of hydrogen-bond acceptors (Lipinski definition) is 7. The molecular weight excluding hydrogens is 390 g/mol. The lowest BCUT2D eigenvalue weighted by atomic mass is 9.97. The average molecular weight is 418 g/mol. The highest BCUT2D eigenvalue weighted by Crippen LogP contribution is 2.32. The van der Waals surface area contributed by atoms with Gasteiger partial charge in [0.1, 0.15) is 5.82 Å². The number of carbonyl (C=O) groups is 1. The van der Waals surface area contributed by atoms with E-state index in [0.29, 0.717) is 19.0 Å². The predicted molar refractivity (Wildman–Crippen MR) is 110 cm³/mol. The number of carbonyl (C=O) groups excluding carboxylic acids is 1. The van der Waals surface area contributed by atoms with Crippen molar-refractivity contribution in [3.63, 3.8) is 0 Å². The van der Waals surface area contributed by atoms with Crippen molar-refractivity contribution in [2.75, 3.05) is 32.2 Å². The number of benzene rings is 1. The van der Waals surface area contributed by atoms with Gasteiger partial charge < -0.3 is 19.4 Å². The van der Waals surface area contributed by atoms with Crippen LogP contribution in [0.3, 0.4) is 0 Å². The summed E-state index contributed by atoms with van der Waals surface area (Å²) in [6.07, 6.45) is 2.14. The number of nitrogens with zero attached hydrogens (tertiary/aromatic N) is 4. The van der Waals surface area contributed by atoms with E-state index in [0.717, 1.165) is 59.7 Å². The van der Waals surface area contributed by atoms with Crippen molar-refractivity contribution in [2.24, 2.45) is 7.05 Å². The molecule has 1 N–H and O–H groups in total. The number of rotatable bonds is 7. The molecule has 1 atom stereocenters. The first-order valence-corrected chi connectivity index (χ1v) is 11.0. The first kappa shape index (κ1) is 20.0. The van der Waals surface area contributed by atoms with E-state index in [9.17, 15) is 4.79 Å². The SMILES string of the molecule is CCSc1nnc([C@H]2CCCN(CC(=O)NCc3ccc4c(c3)OCO4)C2)n1C. The minimum atomic E-state index is 0.0310. The third kappa shape index (κ3) is 4.67. The molecule has 0 unspecified atom stereocenters. The van der Waals surface area contributed by atoms with E-state index in [1.165, 1.54) is 0 Å². The highest BCUT2D eigenvalue weighted by Gasteiger charge is 2.27. The second kappa shape index (κ2) is 9.04. The summed E-state index contributed by atoms with van der Waals surface area (Å²) >= 11 is 1.70. The van der Waals surface area contributed by atoms with Crippen molar-refractivity contribution in [1.82, 2.24) is 25.0 Å². The number of likely N-dealkylation sites (tertiary alicyclic amines) is 1. The summed E-state index contributed by atoms with van der Waals surface area (Å²) in [5, 5.41) is 12.7. The van der Waals surface area contributed by atoms with Crippen LogP contribution in [-0.4, -0.2) is 57.8 Å². The molecule has 1 amide bonds. The van der Waals surface area contributed by atoms with E-state index in [4.69, 9.17) is 9.47 Å². The number of ether oxygens (including phenoxy) is 2. The molecule has 0 spiro atoms. The minimum Gasteiger partial charge on any atom is -0.454 e. The zero-order valence-electron chi connectivity index (χ0n) is 16.9. The van der Waals surface area contributed by atoms with Gasteiger partial charge in [0.15, 0.2) is 16.7 Å². The summed E-state index contributed by atoms with van der Waals surface area (Å²) in [7, 11) is 2.03. The Morgan fingerprint density at radius 2 is 2.17 bits per heavy atom. The zero-order valence-corrected chi connectivity index (χ0v) is 17.7. The fourth-order valence-electron chi connectivity index (χ4n) is 3.86. The maximum atomic E-state index is 12.5. The molecule has 156 valence electrons. The molecule has 0 aliphatic carbocycles. The Morgan fingerprint density at radius 3 is 3.03 bits per heavy atom. The van der Waals surface area contributed by atoms with Crippen LogP contribution in [0.5, 0.6) is 11.5 Å². The van der Waals surface area contributed by atoms with E-state index in [1.54, 1.807) is 11.8 Å². The van der Waals surface area contributed by atoms with Crippen molar-refractivity contribution in [2.45, 2.75) is 37.4 Å². The third-order valence-corrected chi connectivity index (χ3v) is 6.21. The second-order valence-corrected chi connectivity index (χ2v) is 8.60. The van der Waals surface area contributed by atoms with Crippen LogP contribution in [0.25, 0.3) is 0 Å². The number of piperidine rings is 1. The molecule has 0 radical (unpaired) electrons. The first-order chi connectivity index (χ1) is 14.1. The molecule has 1 saturated heterocycles. The van der Waals surface area contributed by atoms with Crippen molar-refractivity contribution < 1.29 is 14.3 Å². The summed E-state index contributed by atoms with van der Waals surface area (Å²) < 4.78 is 12.8. The molecule has 2 aromatic rings. The maximum Gasteiger partial charge on any atom is 0.234 e. The van der Waals surface area contributed by atoms with Crippen LogP contribution in [0.4, 0.5) is 0 Å². The number of aromatic nitrogens is 3. The summed E-state index contributed by atoms with van der Waals surface area (Å²) in [6.45, 7) is 5.01. The summed E-state index contributed by atoms with van der Waals surface area (Å²) in [4.78, 5) is 14.7. The Hall–Kier alpha value is -2.26. The fourth-order valence-corrected chi connectivity index (χ4v) is 4.50. The molecule has 9 heteroatoms. The standard InChI is InChI=1S/C20H27N5O3S/c1-3-29-20-23-22-19(24(20)2)15-5-4-8-25(11-15)12-18(26)21-10-14-6-7-16-17(9-14)28-13-27-16/h6-7,9,15H,3-5,8,10-13H2,1-2H3,(H,21,26)/t15-/m0/s1. The molecule has 1 aromatic heterocycles. The van der Waals surface area contributed by atoms with Gasteiger partial charge in [-0.25, -0.2) is 0 Å². The van der Waals surface area contributed by atoms with Crippen LogP contribution in [0.15, 0.2) is 23.4 Å². The Morgan fingerprint density at radius 1 is 1.31 bits per heavy atom. The average Bonchev–Trinajstić information content (AvgIpc) is 3.33. The third-order valence-electron chi connectivity index (χ3n) is 5.31. The van der Waals surface area contributed by atoms with Gasteiger partial charge >= 0.3 is 0 Å². The topological polar surface area (TPSA) is 81.5 Å². The number of amides is 1. The Balaban J connectivity index is 1.29. The number of thioether (sulfide) groups is 1. The van der Waals surface area contributed by atoms with Crippen molar-refractivity contribution in [3.8, 4) is 11.5 Å². The largest absolute Gasteiger partial charge is 0.454 e. The molecular formula is C20H27N5O3S. The van der Waals surface area contributed by atoms with Gasteiger partial charge in [-0.05, 0) is 42.8 Å². The van der Waals surface area contributed by atoms with Crippen molar-refractivity contribution >= 4 is 17.7 Å². The van der Waals surface area contributed by atoms with Crippen molar-refractivity contribution in [1.29, 1.82) is 0 Å². The number of nitrogens with one attached hydrogen (secondary N) is 1. The predicted octanol–water partition coefficient (Wildman–Crippen LogP) is 2.15. The van der Waals surface area contributed by atoms with Crippen molar-refractivity contribution in [3.05, 3.63) is 29.6 Å². The summed E-state index contributed by atoms with van der Waals surface area (Å²) in [5.74, 6) is 3.83. The quantitative estimate of drug-likeness (QED) is 0.691.